The summed E-state index contributed by atoms with van der Waals surface area (Å²) in [6.07, 6.45) is 0.863. The highest BCUT2D eigenvalue weighted by Crippen LogP contribution is 2.31. The zero-order chi connectivity index (χ0) is 21.9. The van der Waals surface area contributed by atoms with Crippen molar-refractivity contribution in [2.24, 2.45) is 0 Å². The predicted molar refractivity (Wildman–Crippen MR) is 110 cm³/mol. The highest BCUT2D eigenvalue weighted by Gasteiger charge is 2.20. The van der Waals surface area contributed by atoms with E-state index in [1.54, 1.807) is 48.5 Å². The number of ether oxygens (including phenoxy) is 2. The van der Waals surface area contributed by atoms with Crippen molar-refractivity contribution in [3.05, 3.63) is 71.8 Å². The number of aliphatic carboxylic acids is 1. The number of carboxylic acid groups (broad SMARTS) is 1. The van der Waals surface area contributed by atoms with Gasteiger partial charge in [-0.05, 0) is 37.3 Å². The van der Waals surface area contributed by atoms with Crippen LogP contribution < -0.4 is 10.1 Å². The van der Waals surface area contributed by atoms with Crippen LogP contribution in [0.1, 0.15) is 35.4 Å². The third-order valence-electron chi connectivity index (χ3n) is 4.01. The summed E-state index contributed by atoms with van der Waals surface area (Å²) in [7, 11) is 0. The zero-order valence-electron chi connectivity index (χ0n) is 16.4. The number of carbonyl (C=O) groups excluding carboxylic acids is 2. The molecule has 0 aliphatic carbocycles. The van der Waals surface area contributed by atoms with E-state index in [4.69, 9.17) is 19.7 Å². The molecule has 1 amide bonds. The van der Waals surface area contributed by atoms with Gasteiger partial charge in [-0.15, -0.1) is 0 Å². The number of hydrogen-bond acceptors (Lipinski definition) is 6. The number of aliphatic hydroxyl groups excluding tert-OH is 1. The largest absolute Gasteiger partial charge is 0.491 e. The van der Waals surface area contributed by atoms with Gasteiger partial charge < -0.3 is 19.7 Å². The quantitative estimate of drug-likeness (QED) is 0.402. The molecule has 30 heavy (non-hydrogen) atoms. The molecule has 0 radical (unpaired) electrons. The molecule has 8 heteroatoms. The minimum absolute atomic E-state index is 0.0589. The van der Waals surface area contributed by atoms with Gasteiger partial charge in [0.2, 0.25) is 0 Å². The fourth-order valence-corrected chi connectivity index (χ4v) is 2.63. The molecule has 0 aliphatic heterocycles. The monoisotopic (exact) mass is 413 g/mol. The van der Waals surface area contributed by atoms with Gasteiger partial charge in [-0.3, -0.25) is 10.1 Å². The van der Waals surface area contributed by atoms with Gasteiger partial charge in [-0.2, -0.15) is 0 Å². The van der Waals surface area contributed by atoms with Crippen LogP contribution in [-0.2, 0) is 9.53 Å². The Hall–Kier alpha value is -3.65. The highest BCUT2D eigenvalue weighted by molar-refractivity contribution is 5.95. The van der Waals surface area contributed by atoms with Crippen LogP contribution in [0, 0.1) is 0 Å². The lowest BCUT2D eigenvalue weighted by Gasteiger charge is -2.20. The van der Waals surface area contributed by atoms with Crippen LogP contribution in [0.2, 0.25) is 0 Å². The average Bonchev–Trinajstić information content (AvgIpc) is 2.72. The molecule has 3 N–H and O–H groups in total. The van der Waals surface area contributed by atoms with E-state index in [9.17, 15) is 14.4 Å². The van der Waals surface area contributed by atoms with Crippen LogP contribution in [0.25, 0.3) is 0 Å². The lowest BCUT2D eigenvalue weighted by Crippen LogP contribution is -2.18. The fourth-order valence-electron chi connectivity index (χ4n) is 2.63. The van der Waals surface area contributed by atoms with E-state index in [1.807, 2.05) is 0 Å². The van der Waals surface area contributed by atoms with Gasteiger partial charge in [-0.1, -0.05) is 24.3 Å². The van der Waals surface area contributed by atoms with Crippen molar-refractivity contribution < 1.29 is 34.1 Å². The van der Waals surface area contributed by atoms with E-state index in [0.29, 0.717) is 22.6 Å². The molecule has 0 spiro atoms. The number of carbonyl (C=O) groups is 3. The molecule has 158 valence electrons. The first-order valence-electron chi connectivity index (χ1n) is 9.21. The molecule has 1 atom stereocenters. The Labute approximate surface area is 173 Å². The maximum atomic E-state index is 12.4. The zero-order valence-corrected chi connectivity index (χ0v) is 16.4. The molecule has 0 bridgehead atoms. The van der Waals surface area contributed by atoms with Crippen LogP contribution in [0.3, 0.4) is 0 Å². The predicted octanol–water partition coefficient (Wildman–Crippen LogP) is 3.58. The summed E-state index contributed by atoms with van der Waals surface area (Å²) in [5.41, 5.74) is 1.48. The maximum Gasteiger partial charge on any atom is 0.412 e. The van der Waals surface area contributed by atoms with Gasteiger partial charge in [0.25, 0.3) is 0 Å². The second-order valence-electron chi connectivity index (χ2n) is 6.24. The van der Waals surface area contributed by atoms with E-state index >= 15 is 0 Å². The van der Waals surface area contributed by atoms with Crippen molar-refractivity contribution in [1.82, 2.24) is 0 Å². The van der Waals surface area contributed by atoms with Crippen LogP contribution in [0.15, 0.2) is 60.7 Å². The third-order valence-corrected chi connectivity index (χ3v) is 4.01. The second kappa shape index (κ2) is 11.4. The standard InChI is InChI=1S/C22H23NO7/c1-15(25)16-9-11-17(12-10-16)23-22(28)30-20(7-4-8-21(26)27)18-5-2-3-6-19(18)29-14-13-24/h2-6,8-12,20,24H,7,13-14H2,1H3,(H,23,28)(H,26,27)/b8-4+/t20-/m0/s1. The Morgan fingerprint density at radius 1 is 1.10 bits per heavy atom. The Morgan fingerprint density at radius 3 is 2.43 bits per heavy atom. The molecule has 0 heterocycles. The Balaban J connectivity index is 2.17. The van der Waals surface area contributed by atoms with Gasteiger partial charge in [0.1, 0.15) is 18.5 Å². The molecule has 0 unspecified atom stereocenters. The smallest absolute Gasteiger partial charge is 0.412 e. The number of rotatable bonds is 10. The first-order chi connectivity index (χ1) is 14.4. The Kier molecular flexibility index (Phi) is 8.58. The average molecular weight is 413 g/mol. The van der Waals surface area contributed by atoms with Crippen molar-refractivity contribution in [3.63, 3.8) is 0 Å². The topological polar surface area (TPSA) is 122 Å². The fraction of sp³-hybridized carbons (Fsp3) is 0.227. The van der Waals surface area contributed by atoms with Crippen molar-refractivity contribution in [2.75, 3.05) is 18.5 Å². The van der Waals surface area contributed by atoms with E-state index in [0.717, 1.165) is 6.08 Å². The number of nitrogens with one attached hydrogen (secondary N) is 1. The first kappa shape index (κ1) is 22.6. The molecule has 2 rings (SSSR count). The van der Waals surface area contributed by atoms with Gasteiger partial charge in [-0.25, -0.2) is 9.59 Å². The number of anilines is 1. The summed E-state index contributed by atoms with van der Waals surface area (Å²) >= 11 is 0. The summed E-state index contributed by atoms with van der Waals surface area (Å²) < 4.78 is 11.0. The molecular formula is C22H23NO7. The number of para-hydroxylation sites is 1. The van der Waals surface area contributed by atoms with Crippen molar-refractivity contribution >= 4 is 23.5 Å². The summed E-state index contributed by atoms with van der Waals surface area (Å²) in [4.78, 5) is 34.5. The molecule has 0 aliphatic rings. The lowest BCUT2D eigenvalue weighted by atomic mass is 10.0. The molecule has 2 aromatic rings. The number of amides is 1. The molecular weight excluding hydrogens is 390 g/mol. The molecule has 0 fully saturated rings. The molecule has 8 nitrogen and oxygen atoms in total. The van der Waals surface area contributed by atoms with Crippen molar-refractivity contribution in [3.8, 4) is 5.75 Å². The van der Waals surface area contributed by atoms with Gasteiger partial charge in [0, 0.05) is 29.3 Å². The van der Waals surface area contributed by atoms with Crippen LogP contribution >= 0.6 is 0 Å². The highest BCUT2D eigenvalue weighted by atomic mass is 16.6. The number of Topliss-reactive ketones (excluding diaryl/α,β-unsaturated/α-hetero) is 1. The second-order valence-corrected chi connectivity index (χ2v) is 6.24. The van der Waals surface area contributed by atoms with Gasteiger partial charge >= 0.3 is 12.1 Å². The number of benzene rings is 2. The number of hydrogen-bond donors (Lipinski definition) is 3. The van der Waals surface area contributed by atoms with E-state index < -0.39 is 18.2 Å². The number of ketones is 1. The van der Waals surface area contributed by atoms with Gasteiger partial charge in [0.15, 0.2) is 5.78 Å². The number of aliphatic hydroxyl groups is 1. The molecule has 2 aromatic carbocycles. The minimum atomic E-state index is -1.12. The van der Waals surface area contributed by atoms with Gasteiger partial charge in [0.05, 0.1) is 6.61 Å². The molecule has 0 saturated heterocycles. The van der Waals surface area contributed by atoms with Crippen LogP contribution in [-0.4, -0.2) is 41.3 Å². The Bertz CT molecular complexity index is 906. The lowest BCUT2D eigenvalue weighted by molar-refractivity contribution is -0.131. The first-order valence-corrected chi connectivity index (χ1v) is 9.21. The van der Waals surface area contributed by atoms with Crippen LogP contribution in [0.5, 0.6) is 5.75 Å². The summed E-state index contributed by atoms with van der Waals surface area (Å²) in [6, 6.07) is 13.2. The third kappa shape index (κ3) is 7.06. The molecule has 0 aromatic heterocycles. The maximum absolute atomic E-state index is 12.4. The summed E-state index contributed by atoms with van der Waals surface area (Å²) in [5, 5.41) is 20.4. The Morgan fingerprint density at radius 2 is 1.80 bits per heavy atom. The van der Waals surface area contributed by atoms with Crippen molar-refractivity contribution in [1.29, 1.82) is 0 Å². The number of carboxylic acids is 1. The van der Waals surface area contributed by atoms with E-state index in [-0.39, 0.29) is 25.4 Å². The summed E-state index contributed by atoms with van der Waals surface area (Å²) in [5.74, 6) is -0.790. The summed E-state index contributed by atoms with van der Waals surface area (Å²) in [6.45, 7) is 1.32. The SMILES string of the molecule is CC(=O)c1ccc(NC(=O)O[C@@H](C/C=C/C(=O)O)c2ccccc2OCCO)cc1. The van der Waals surface area contributed by atoms with E-state index in [1.165, 1.54) is 13.0 Å². The van der Waals surface area contributed by atoms with E-state index in [2.05, 4.69) is 5.32 Å². The van der Waals surface area contributed by atoms with Crippen molar-refractivity contribution in [2.45, 2.75) is 19.4 Å². The normalized spacial score (nSPS) is 11.7. The minimum Gasteiger partial charge on any atom is -0.491 e. The molecule has 0 saturated carbocycles. The van der Waals surface area contributed by atoms with Crippen LogP contribution in [0.4, 0.5) is 10.5 Å².